The summed E-state index contributed by atoms with van der Waals surface area (Å²) in [6.45, 7) is 8.12. The first-order valence-corrected chi connectivity index (χ1v) is 9.27. The molecule has 7 heteroatoms. The van der Waals surface area contributed by atoms with Crippen molar-refractivity contribution in [3.05, 3.63) is 36.3 Å². The maximum atomic E-state index is 6.04. The van der Waals surface area contributed by atoms with Crippen LogP contribution in [0.3, 0.4) is 0 Å². The van der Waals surface area contributed by atoms with Gasteiger partial charge in [-0.05, 0) is 25.6 Å². The van der Waals surface area contributed by atoms with Gasteiger partial charge >= 0.3 is 0 Å². The van der Waals surface area contributed by atoms with Crippen LogP contribution in [0.25, 0.3) is 10.9 Å². The predicted molar refractivity (Wildman–Crippen MR) is 106 cm³/mol. The minimum absolute atomic E-state index is 0.567. The van der Waals surface area contributed by atoms with Crippen molar-refractivity contribution in [2.45, 2.75) is 13.8 Å². The number of hydrogen-bond donors (Lipinski definition) is 2. The molecule has 0 spiro atoms. The lowest BCUT2D eigenvalue weighted by Gasteiger charge is -2.38. The number of fused-ring (bicyclic) bond motifs is 1. The van der Waals surface area contributed by atoms with Gasteiger partial charge in [0.1, 0.15) is 11.6 Å². The molecule has 0 saturated carbocycles. The van der Waals surface area contributed by atoms with Gasteiger partial charge in [-0.2, -0.15) is 0 Å². The highest BCUT2D eigenvalue weighted by Gasteiger charge is 2.26. The van der Waals surface area contributed by atoms with E-state index in [0.29, 0.717) is 29.8 Å². The van der Waals surface area contributed by atoms with Crippen molar-refractivity contribution in [2.24, 2.45) is 5.92 Å². The van der Waals surface area contributed by atoms with Gasteiger partial charge in [0.25, 0.3) is 0 Å². The van der Waals surface area contributed by atoms with E-state index in [4.69, 9.17) is 9.47 Å². The quantitative estimate of drug-likeness (QED) is 0.667. The molecule has 0 radical (unpaired) electrons. The van der Waals surface area contributed by atoms with Gasteiger partial charge in [0, 0.05) is 42.4 Å². The molecule has 27 heavy (non-hydrogen) atoms. The third kappa shape index (κ3) is 3.68. The van der Waals surface area contributed by atoms with Gasteiger partial charge in [0.15, 0.2) is 11.5 Å². The summed E-state index contributed by atoms with van der Waals surface area (Å²) in [6, 6.07) is 5.90. The van der Waals surface area contributed by atoms with Crippen LogP contribution in [0.4, 0.5) is 11.6 Å². The maximum Gasteiger partial charge on any atom is 0.179 e. The Balaban J connectivity index is 1.52. The van der Waals surface area contributed by atoms with Crippen molar-refractivity contribution in [3.8, 4) is 11.5 Å². The summed E-state index contributed by atoms with van der Waals surface area (Å²) in [5.74, 6) is 3.35. The molecule has 1 aliphatic rings. The van der Waals surface area contributed by atoms with Gasteiger partial charge in [-0.3, -0.25) is 0 Å². The second-order valence-corrected chi connectivity index (χ2v) is 6.93. The standard InChI is InChI=1S/C20H25N5O2/c1-4-25-10-14(11-25)12-27-17-8-19(22-9-18(17)26-3)24-20-15-5-6-21-16(15)7-13(2)23-20/h5-9,14,21H,4,10-12H2,1-3H3,(H,22,23,24). The summed E-state index contributed by atoms with van der Waals surface area (Å²) in [6.07, 6.45) is 3.59. The summed E-state index contributed by atoms with van der Waals surface area (Å²) < 4.78 is 11.4. The van der Waals surface area contributed by atoms with Crippen molar-refractivity contribution in [1.29, 1.82) is 0 Å². The molecule has 0 unspecified atom stereocenters. The van der Waals surface area contributed by atoms with Crippen LogP contribution in [0.5, 0.6) is 11.5 Å². The van der Waals surface area contributed by atoms with Crippen molar-refractivity contribution in [2.75, 3.05) is 38.7 Å². The smallest absolute Gasteiger partial charge is 0.179 e. The van der Waals surface area contributed by atoms with Crippen LogP contribution in [-0.2, 0) is 0 Å². The van der Waals surface area contributed by atoms with Gasteiger partial charge in [-0.1, -0.05) is 6.92 Å². The monoisotopic (exact) mass is 367 g/mol. The van der Waals surface area contributed by atoms with Crippen molar-refractivity contribution >= 4 is 22.5 Å². The summed E-state index contributed by atoms with van der Waals surface area (Å²) in [4.78, 5) is 14.7. The molecule has 3 aromatic heterocycles. The number of nitrogens with zero attached hydrogens (tertiary/aromatic N) is 3. The van der Waals surface area contributed by atoms with E-state index in [0.717, 1.165) is 42.0 Å². The van der Waals surface area contributed by atoms with E-state index < -0.39 is 0 Å². The second kappa shape index (κ2) is 7.44. The Morgan fingerprint density at radius 3 is 2.93 bits per heavy atom. The molecule has 0 atom stereocenters. The zero-order chi connectivity index (χ0) is 18.8. The van der Waals surface area contributed by atoms with Gasteiger partial charge in [-0.15, -0.1) is 0 Å². The van der Waals surface area contributed by atoms with Crippen LogP contribution in [-0.4, -0.2) is 53.2 Å². The molecule has 4 rings (SSSR count). The highest BCUT2D eigenvalue weighted by atomic mass is 16.5. The third-order valence-electron chi connectivity index (χ3n) is 4.93. The van der Waals surface area contributed by atoms with E-state index in [1.165, 1.54) is 0 Å². The van der Waals surface area contributed by atoms with Crippen molar-refractivity contribution < 1.29 is 9.47 Å². The fourth-order valence-corrected chi connectivity index (χ4v) is 3.41. The van der Waals surface area contributed by atoms with E-state index in [1.54, 1.807) is 13.3 Å². The van der Waals surface area contributed by atoms with Crippen LogP contribution >= 0.6 is 0 Å². The zero-order valence-electron chi connectivity index (χ0n) is 16.0. The molecular weight excluding hydrogens is 342 g/mol. The Morgan fingerprint density at radius 1 is 1.30 bits per heavy atom. The molecule has 4 heterocycles. The van der Waals surface area contributed by atoms with E-state index >= 15 is 0 Å². The number of aromatic amines is 1. The first-order chi connectivity index (χ1) is 13.2. The summed E-state index contributed by atoms with van der Waals surface area (Å²) in [5, 5.41) is 4.33. The number of aryl methyl sites for hydroxylation is 1. The highest BCUT2D eigenvalue weighted by molar-refractivity contribution is 5.91. The Morgan fingerprint density at radius 2 is 2.15 bits per heavy atom. The lowest BCUT2D eigenvalue weighted by Crippen LogP contribution is -2.48. The molecule has 0 amide bonds. The number of methoxy groups -OCH3 is 1. The topological polar surface area (TPSA) is 75.3 Å². The van der Waals surface area contributed by atoms with Crippen LogP contribution < -0.4 is 14.8 Å². The highest BCUT2D eigenvalue weighted by Crippen LogP contribution is 2.31. The van der Waals surface area contributed by atoms with Crippen LogP contribution in [0, 0.1) is 12.8 Å². The van der Waals surface area contributed by atoms with Crippen molar-refractivity contribution in [1.82, 2.24) is 19.9 Å². The first kappa shape index (κ1) is 17.6. The minimum atomic E-state index is 0.567. The van der Waals surface area contributed by atoms with Gasteiger partial charge in [-0.25, -0.2) is 9.97 Å². The van der Waals surface area contributed by atoms with Crippen LogP contribution in [0.2, 0.25) is 0 Å². The first-order valence-electron chi connectivity index (χ1n) is 9.27. The van der Waals surface area contributed by atoms with E-state index in [9.17, 15) is 0 Å². The number of aromatic nitrogens is 3. The Labute approximate surface area is 158 Å². The Bertz CT molecular complexity index is 933. The number of rotatable bonds is 7. The number of nitrogens with one attached hydrogen (secondary N) is 2. The van der Waals surface area contributed by atoms with E-state index in [2.05, 4.69) is 32.1 Å². The summed E-state index contributed by atoms with van der Waals surface area (Å²) >= 11 is 0. The molecule has 142 valence electrons. The van der Waals surface area contributed by atoms with Crippen molar-refractivity contribution in [3.63, 3.8) is 0 Å². The fraction of sp³-hybridized carbons (Fsp3) is 0.400. The second-order valence-electron chi connectivity index (χ2n) is 6.93. The SMILES string of the molecule is CCN1CC(COc2cc(Nc3nc(C)cc4[nH]ccc34)ncc2OC)C1. The number of H-pyrrole nitrogens is 1. The predicted octanol–water partition coefficient (Wildman–Crippen LogP) is 3.35. The molecule has 0 aromatic carbocycles. The molecule has 0 aliphatic carbocycles. The fourth-order valence-electron chi connectivity index (χ4n) is 3.41. The molecule has 3 aromatic rings. The number of hydrogen-bond acceptors (Lipinski definition) is 6. The Hall–Kier alpha value is -2.80. The molecule has 0 bridgehead atoms. The molecule has 2 N–H and O–H groups in total. The molecule has 7 nitrogen and oxygen atoms in total. The third-order valence-corrected chi connectivity index (χ3v) is 4.93. The number of likely N-dealkylation sites (tertiary alicyclic amines) is 1. The minimum Gasteiger partial charge on any atom is -0.491 e. The summed E-state index contributed by atoms with van der Waals surface area (Å²) in [7, 11) is 1.63. The average molecular weight is 367 g/mol. The molecule has 1 saturated heterocycles. The zero-order valence-corrected chi connectivity index (χ0v) is 16.0. The molecule has 1 aliphatic heterocycles. The lowest BCUT2D eigenvalue weighted by atomic mass is 10.0. The van der Waals surface area contributed by atoms with Gasteiger partial charge in [0.05, 0.1) is 25.4 Å². The molecular formula is C20H25N5O2. The Kier molecular flexibility index (Phi) is 4.85. The average Bonchev–Trinajstić information content (AvgIpc) is 3.09. The summed E-state index contributed by atoms with van der Waals surface area (Å²) in [5.41, 5.74) is 1.98. The number of anilines is 2. The van der Waals surface area contributed by atoms with Gasteiger partial charge in [0.2, 0.25) is 0 Å². The van der Waals surface area contributed by atoms with Crippen LogP contribution in [0.1, 0.15) is 12.6 Å². The maximum absolute atomic E-state index is 6.04. The van der Waals surface area contributed by atoms with E-state index in [-0.39, 0.29) is 0 Å². The number of ether oxygens (including phenoxy) is 2. The normalized spacial score (nSPS) is 14.9. The van der Waals surface area contributed by atoms with Crippen LogP contribution in [0.15, 0.2) is 30.6 Å². The van der Waals surface area contributed by atoms with Gasteiger partial charge < -0.3 is 24.7 Å². The lowest BCUT2D eigenvalue weighted by molar-refractivity contribution is 0.0662. The largest absolute Gasteiger partial charge is 0.491 e. The number of pyridine rings is 2. The molecule has 1 fully saturated rings. The van der Waals surface area contributed by atoms with E-state index in [1.807, 2.05) is 31.3 Å².